The maximum absolute atomic E-state index is 2.49. The summed E-state index contributed by atoms with van der Waals surface area (Å²) in [5.41, 5.74) is 3.06. The van der Waals surface area contributed by atoms with Gasteiger partial charge in [-0.3, -0.25) is 0 Å². The van der Waals surface area contributed by atoms with Gasteiger partial charge in [0.25, 0.3) is 0 Å². The van der Waals surface area contributed by atoms with Crippen molar-refractivity contribution in [1.29, 1.82) is 0 Å². The molecule has 0 amide bonds. The van der Waals surface area contributed by atoms with Gasteiger partial charge in [-0.1, -0.05) is 13.8 Å². The highest BCUT2D eigenvalue weighted by Gasteiger charge is 2.09. The van der Waals surface area contributed by atoms with Crippen molar-refractivity contribution in [2.24, 2.45) is 0 Å². The molecular weight excluding hydrogens is 303 g/mol. The molecule has 0 bridgehead atoms. The average molecular weight is 316 g/mol. The molecule has 2 heteroatoms. The standard InChI is InChI=1S/C12H13IS/c1-3-8-7-11-10(5-6-14-11)12(13)9(8)4-2/h5-7H,3-4H2,1-2H3. The van der Waals surface area contributed by atoms with E-state index in [1.807, 2.05) is 11.3 Å². The Bertz CT molecular complexity index is 457. The molecule has 0 nitrogen and oxygen atoms in total. The Morgan fingerprint density at radius 1 is 1.29 bits per heavy atom. The number of hydrogen-bond donors (Lipinski definition) is 0. The number of thiophene rings is 1. The van der Waals surface area contributed by atoms with E-state index in [-0.39, 0.29) is 0 Å². The third kappa shape index (κ3) is 1.58. The topological polar surface area (TPSA) is 0 Å². The van der Waals surface area contributed by atoms with Crippen LogP contribution in [0.2, 0.25) is 0 Å². The lowest BCUT2D eigenvalue weighted by molar-refractivity contribution is 1.04. The minimum absolute atomic E-state index is 1.15. The first-order valence-electron chi connectivity index (χ1n) is 4.95. The van der Waals surface area contributed by atoms with Gasteiger partial charge in [0, 0.05) is 13.7 Å². The van der Waals surface area contributed by atoms with Gasteiger partial charge in [-0.2, -0.15) is 0 Å². The maximum atomic E-state index is 2.49. The minimum Gasteiger partial charge on any atom is -0.144 e. The molecule has 0 radical (unpaired) electrons. The van der Waals surface area contributed by atoms with Crippen molar-refractivity contribution < 1.29 is 0 Å². The zero-order valence-electron chi connectivity index (χ0n) is 8.43. The lowest BCUT2D eigenvalue weighted by Gasteiger charge is -2.09. The average Bonchev–Trinajstić information content (AvgIpc) is 2.65. The number of benzene rings is 1. The molecule has 0 unspecified atom stereocenters. The predicted molar refractivity (Wildman–Crippen MR) is 73.3 cm³/mol. The molecule has 2 aromatic rings. The van der Waals surface area contributed by atoms with E-state index in [9.17, 15) is 0 Å². The molecule has 74 valence electrons. The van der Waals surface area contributed by atoms with Crippen molar-refractivity contribution in [3.05, 3.63) is 32.2 Å². The highest BCUT2D eigenvalue weighted by atomic mass is 127. The van der Waals surface area contributed by atoms with Crippen LogP contribution in [0.5, 0.6) is 0 Å². The van der Waals surface area contributed by atoms with Crippen LogP contribution in [0.25, 0.3) is 10.1 Å². The number of fused-ring (bicyclic) bond motifs is 1. The molecule has 0 saturated carbocycles. The second-order valence-corrected chi connectivity index (χ2v) is 5.39. The second-order valence-electron chi connectivity index (χ2n) is 3.37. The van der Waals surface area contributed by atoms with Crippen molar-refractivity contribution in [2.45, 2.75) is 26.7 Å². The van der Waals surface area contributed by atoms with E-state index in [0.29, 0.717) is 0 Å². The molecule has 0 saturated heterocycles. The Morgan fingerprint density at radius 3 is 2.71 bits per heavy atom. The summed E-state index contributed by atoms with van der Waals surface area (Å²) in [5.74, 6) is 0. The molecule has 1 heterocycles. The number of hydrogen-bond acceptors (Lipinski definition) is 1. The van der Waals surface area contributed by atoms with Crippen LogP contribution < -0.4 is 0 Å². The molecule has 0 atom stereocenters. The normalized spacial score (nSPS) is 11.1. The molecule has 14 heavy (non-hydrogen) atoms. The quantitative estimate of drug-likeness (QED) is 0.709. The van der Waals surface area contributed by atoms with Crippen LogP contribution in [-0.2, 0) is 12.8 Å². The summed E-state index contributed by atoms with van der Waals surface area (Å²) in [7, 11) is 0. The first-order valence-corrected chi connectivity index (χ1v) is 6.91. The fraction of sp³-hybridized carbons (Fsp3) is 0.333. The van der Waals surface area contributed by atoms with Gasteiger partial charge < -0.3 is 0 Å². The molecule has 2 rings (SSSR count). The second kappa shape index (κ2) is 4.19. The first kappa shape index (κ1) is 10.4. The lowest BCUT2D eigenvalue weighted by atomic mass is 10.0. The van der Waals surface area contributed by atoms with Gasteiger partial charge >= 0.3 is 0 Å². The molecule has 1 aromatic heterocycles. The number of halogens is 1. The van der Waals surface area contributed by atoms with Gasteiger partial charge in [0.1, 0.15) is 0 Å². The molecule has 0 N–H and O–H groups in total. The molecule has 0 aliphatic rings. The van der Waals surface area contributed by atoms with Crippen LogP contribution >= 0.6 is 33.9 Å². The van der Waals surface area contributed by atoms with Crippen LogP contribution in [0.4, 0.5) is 0 Å². The Morgan fingerprint density at radius 2 is 2.07 bits per heavy atom. The van der Waals surface area contributed by atoms with Gasteiger partial charge in [-0.05, 0) is 64.1 Å². The fourth-order valence-electron chi connectivity index (χ4n) is 1.86. The Balaban J connectivity index is 2.79. The number of aryl methyl sites for hydroxylation is 1. The SMILES string of the molecule is CCc1cc2sccc2c(I)c1CC. The summed E-state index contributed by atoms with van der Waals surface area (Å²) in [4.78, 5) is 0. The summed E-state index contributed by atoms with van der Waals surface area (Å²) in [5, 5.41) is 3.62. The molecular formula is C12H13IS. The Hall–Kier alpha value is -0.0900. The highest BCUT2D eigenvalue weighted by Crippen LogP contribution is 2.31. The van der Waals surface area contributed by atoms with E-state index in [4.69, 9.17) is 0 Å². The summed E-state index contributed by atoms with van der Waals surface area (Å²) in [6.45, 7) is 4.48. The van der Waals surface area contributed by atoms with Crippen LogP contribution in [0.1, 0.15) is 25.0 Å². The first-order chi connectivity index (χ1) is 6.77. The Kier molecular flexibility index (Phi) is 3.12. The molecule has 0 spiro atoms. The predicted octanol–water partition coefficient (Wildman–Crippen LogP) is 4.63. The van der Waals surface area contributed by atoms with Crippen molar-refractivity contribution in [1.82, 2.24) is 0 Å². The third-order valence-corrected chi connectivity index (χ3v) is 4.72. The highest BCUT2D eigenvalue weighted by molar-refractivity contribution is 14.1. The van der Waals surface area contributed by atoms with Crippen molar-refractivity contribution in [3.63, 3.8) is 0 Å². The molecule has 0 aliphatic heterocycles. The summed E-state index contributed by atoms with van der Waals surface area (Å²) in [6.07, 6.45) is 2.29. The fourth-order valence-corrected chi connectivity index (χ4v) is 4.10. The van der Waals surface area contributed by atoms with E-state index in [2.05, 4.69) is 54.0 Å². The third-order valence-electron chi connectivity index (χ3n) is 2.62. The van der Waals surface area contributed by atoms with E-state index in [1.165, 1.54) is 19.2 Å². The minimum atomic E-state index is 1.15. The van der Waals surface area contributed by atoms with Crippen LogP contribution in [0, 0.1) is 3.57 Å². The van der Waals surface area contributed by atoms with Crippen LogP contribution in [0.3, 0.4) is 0 Å². The van der Waals surface area contributed by atoms with Gasteiger partial charge in [-0.25, -0.2) is 0 Å². The zero-order chi connectivity index (χ0) is 10.1. The molecule has 0 aliphatic carbocycles. The van der Waals surface area contributed by atoms with E-state index in [1.54, 1.807) is 5.56 Å². The Labute approximate surface area is 102 Å². The monoisotopic (exact) mass is 316 g/mol. The van der Waals surface area contributed by atoms with Gasteiger partial charge in [0.05, 0.1) is 0 Å². The van der Waals surface area contributed by atoms with Crippen LogP contribution in [0.15, 0.2) is 17.5 Å². The van der Waals surface area contributed by atoms with Crippen molar-refractivity contribution in [2.75, 3.05) is 0 Å². The number of rotatable bonds is 2. The smallest absolute Gasteiger partial charge is 0.0356 e. The largest absolute Gasteiger partial charge is 0.144 e. The van der Waals surface area contributed by atoms with E-state index in [0.717, 1.165) is 12.8 Å². The van der Waals surface area contributed by atoms with Crippen LogP contribution in [-0.4, -0.2) is 0 Å². The summed E-state index contributed by atoms with van der Waals surface area (Å²) < 4.78 is 2.89. The summed E-state index contributed by atoms with van der Waals surface area (Å²) in [6, 6.07) is 4.60. The van der Waals surface area contributed by atoms with Gasteiger partial charge in [0.15, 0.2) is 0 Å². The zero-order valence-corrected chi connectivity index (χ0v) is 11.4. The van der Waals surface area contributed by atoms with E-state index >= 15 is 0 Å². The summed E-state index contributed by atoms with van der Waals surface area (Å²) >= 11 is 4.34. The lowest BCUT2D eigenvalue weighted by Crippen LogP contribution is -1.94. The van der Waals surface area contributed by atoms with Crippen molar-refractivity contribution in [3.8, 4) is 0 Å². The van der Waals surface area contributed by atoms with Gasteiger partial charge in [-0.15, -0.1) is 11.3 Å². The molecule has 0 fully saturated rings. The van der Waals surface area contributed by atoms with Gasteiger partial charge in [0.2, 0.25) is 0 Å². The van der Waals surface area contributed by atoms with Crippen molar-refractivity contribution >= 4 is 44.0 Å². The maximum Gasteiger partial charge on any atom is 0.0356 e. The molecule has 1 aromatic carbocycles. The van der Waals surface area contributed by atoms with E-state index < -0.39 is 0 Å².